The fraction of sp³-hybridized carbons (Fsp3) is 0.977. The van der Waals surface area contributed by atoms with Crippen molar-refractivity contribution in [1.82, 2.24) is 0 Å². The molecule has 0 aromatic rings. The Morgan fingerprint density at radius 1 is 0.486 bits per heavy atom. The Balaban J connectivity index is 1.33. The van der Waals surface area contributed by atoms with Gasteiger partial charge >= 0.3 is 5.97 Å². The molecule has 15 N–H and O–H groups in total. The van der Waals surface area contributed by atoms with Gasteiger partial charge in [0.05, 0.1) is 50.2 Å². The second-order valence-electron chi connectivity index (χ2n) is 19.1. The molecule has 0 bridgehead atoms. The molecule has 5 rings (SSSR count). The molecule has 0 saturated carbocycles. The molecule has 70 heavy (non-hydrogen) atoms. The molecular formula is C44H78O26. The normalized spacial score (nSPS) is 45.8. The molecule has 0 amide bonds. The van der Waals surface area contributed by atoms with Gasteiger partial charge in [-0.1, -0.05) is 45.4 Å². The SMILES string of the molecule is CCC[C@@H](CCCCCCC[C@H](O)CC(=O)O)O[C@@H]1O[C@H](CO[C@@H]2O[C@@H](C)[C@H](O)[C@@H](O)[C@H]2O)[C@@H](O)[C@H](O)[C@H]1O[C@@H]1O[C@H](CO)[C@@H](O)[C@H](O)[C@H]1O[C@@H]1O[C@@H](C)[C@H](O[C@@H]2O[C@H](C)[C@@H](O)[C@H](O)[C@H]2O)[C@@H](O)[C@H]1O. The van der Waals surface area contributed by atoms with E-state index in [0.717, 1.165) is 19.3 Å². The molecular weight excluding hydrogens is 944 g/mol. The van der Waals surface area contributed by atoms with Crippen LogP contribution in [0.25, 0.3) is 0 Å². The van der Waals surface area contributed by atoms with Gasteiger partial charge in [-0.2, -0.15) is 0 Å². The van der Waals surface area contributed by atoms with Crippen molar-refractivity contribution < 1.29 is 129 Å². The molecule has 0 unspecified atom stereocenters. The Morgan fingerprint density at radius 3 is 1.53 bits per heavy atom. The van der Waals surface area contributed by atoms with E-state index in [1.165, 1.54) is 20.8 Å². The fourth-order valence-electron chi connectivity index (χ4n) is 9.22. The van der Waals surface area contributed by atoms with E-state index in [1.807, 2.05) is 6.92 Å². The number of carboxylic acids is 1. The molecule has 5 heterocycles. The van der Waals surface area contributed by atoms with Crippen LogP contribution in [0.15, 0.2) is 0 Å². The molecule has 5 fully saturated rings. The summed E-state index contributed by atoms with van der Waals surface area (Å²) < 4.78 is 59.1. The van der Waals surface area contributed by atoms with Crippen LogP contribution in [0.3, 0.4) is 0 Å². The van der Waals surface area contributed by atoms with Gasteiger partial charge in [0.1, 0.15) is 104 Å². The number of rotatable bonds is 24. The lowest BCUT2D eigenvalue weighted by Crippen LogP contribution is -2.67. The highest BCUT2D eigenvalue weighted by atomic mass is 16.8. The third-order valence-electron chi connectivity index (χ3n) is 13.6. The fourth-order valence-corrected chi connectivity index (χ4v) is 9.22. The van der Waals surface area contributed by atoms with Crippen molar-refractivity contribution >= 4 is 5.97 Å². The van der Waals surface area contributed by atoms with Crippen LogP contribution in [0.5, 0.6) is 0 Å². The predicted molar refractivity (Wildman–Crippen MR) is 230 cm³/mol. The van der Waals surface area contributed by atoms with Gasteiger partial charge in [-0.15, -0.1) is 0 Å². The molecule has 0 aromatic heterocycles. The van der Waals surface area contributed by atoms with Gasteiger partial charge in [-0.05, 0) is 40.0 Å². The highest BCUT2D eigenvalue weighted by Gasteiger charge is 2.56. The van der Waals surface area contributed by atoms with Crippen molar-refractivity contribution in [2.24, 2.45) is 0 Å². The van der Waals surface area contributed by atoms with E-state index in [2.05, 4.69) is 0 Å². The van der Waals surface area contributed by atoms with E-state index in [4.69, 9.17) is 52.5 Å². The number of aliphatic hydroxyl groups is 14. The van der Waals surface area contributed by atoms with Gasteiger partial charge in [-0.3, -0.25) is 4.79 Å². The number of hydrogen-bond acceptors (Lipinski definition) is 25. The van der Waals surface area contributed by atoms with E-state index in [9.17, 15) is 76.3 Å². The van der Waals surface area contributed by atoms with Gasteiger partial charge < -0.3 is 124 Å². The molecule has 0 radical (unpaired) electrons. The maximum atomic E-state index is 11.8. The molecule has 5 aliphatic rings. The summed E-state index contributed by atoms with van der Waals surface area (Å²) >= 11 is 0. The largest absolute Gasteiger partial charge is 0.481 e. The monoisotopic (exact) mass is 1020 g/mol. The number of ether oxygens (including phenoxy) is 10. The predicted octanol–water partition coefficient (Wildman–Crippen LogP) is -5.08. The topological polar surface area (TPSA) is 413 Å². The van der Waals surface area contributed by atoms with Gasteiger partial charge in [-0.25, -0.2) is 0 Å². The molecule has 26 nitrogen and oxygen atoms in total. The first kappa shape index (κ1) is 59.4. The molecule has 0 aliphatic carbocycles. The Bertz CT molecular complexity index is 1540. The van der Waals surface area contributed by atoms with Crippen molar-refractivity contribution in [3.63, 3.8) is 0 Å². The molecule has 26 heteroatoms. The second-order valence-corrected chi connectivity index (χ2v) is 19.1. The van der Waals surface area contributed by atoms with E-state index < -0.39 is 185 Å². The van der Waals surface area contributed by atoms with Crippen LogP contribution >= 0.6 is 0 Å². The van der Waals surface area contributed by atoms with Crippen LogP contribution in [0.1, 0.15) is 91.9 Å². The number of aliphatic carboxylic acids is 1. The van der Waals surface area contributed by atoms with Crippen LogP contribution < -0.4 is 0 Å². The van der Waals surface area contributed by atoms with E-state index in [1.54, 1.807) is 0 Å². The van der Waals surface area contributed by atoms with Crippen molar-refractivity contribution in [3.8, 4) is 0 Å². The molecule has 5 saturated heterocycles. The summed E-state index contributed by atoms with van der Waals surface area (Å²) in [6.45, 7) is 4.72. The van der Waals surface area contributed by atoms with Crippen molar-refractivity contribution in [2.45, 2.75) is 258 Å². The zero-order valence-electron chi connectivity index (χ0n) is 39.8. The molecule has 0 spiro atoms. The maximum Gasteiger partial charge on any atom is 0.305 e. The number of carboxylic acid groups (broad SMARTS) is 1. The average molecular weight is 1020 g/mol. The van der Waals surface area contributed by atoms with Gasteiger partial charge in [0.2, 0.25) is 0 Å². The van der Waals surface area contributed by atoms with Gasteiger partial charge in [0.15, 0.2) is 31.5 Å². The van der Waals surface area contributed by atoms with Crippen LogP contribution in [-0.4, -0.2) is 262 Å². The summed E-state index contributed by atoms with van der Waals surface area (Å²) in [7, 11) is 0. The zero-order chi connectivity index (χ0) is 51.7. The standard InChI is InChI=1S/C44H78O26/c1-5-11-21(13-10-8-6-7-9-12-20(46)14-24(47)48)65-43-38(32(56)28(52)23(67-43)16-61-40-34(58)29(53)25(49)17(2)62-40)70-44-39(31(55)27(51)22(15-45)66-44)69-42-36(60)33(57)37(19(4)64-42)68-41-35(59)30(54)26(50)18(3)63-41/h17-23,25-46,49-60H,5-16H2,1-4H3,(H,47,48)/t17-,18+,19-,20-,21-,22+,23+,25-,26+,27+,28+,29+,30-,31-,32-,33-,34+,35+,36+,37-,38+,39+,40+,41-,42-,43+,44-/m0/s1. The van der Waals surface area contributed by atoms with Crippen molar-refractivity contribution in [1.29, 1.82) is 0 Å². The van der Waals surface area contributed by atoms with Crippen LogP contribution in [0.2, 0.25) is 0 Å². The van der Waals surface area contributed by atoms with Crippen molar-refractivity contribution in [3.05, 3.63) is 0 Å². The lowest BCUT2D eigenvalue weighted by molar-refractivity contribution is -0.401. The summed E-state index contributed by atoms with van der Waals surface area (Å²) in [6.07, 6.45) is -37.1. The Hall–Kier alpha value is -1.49. The molecule has 27 atom stereocenters. The summed E-state index contributed by atoms with van der Waals surface area (Å²) in [4.78, 5) is 10.9. The number of carbonyl (C=O) groups is 1. The van der Waals surface area contributed by atoms with Gasteiger partial charge in [0, 0.05) is 0 Å². The first-order valence-corrected chi connectivity index (χ1v) is 24.3. The highest BCUT2D eigenvalue weighted by molar-refractivity contribution is 5.67. The first-order valence-electron chi connectivity index (χ1n) is 24.3. The lowest BCUT2D eigenvalue weighted by atomic mass is 9.96. The average Bonchev–Trinajstić information content (AvgIpc) is 3.31. The van der Waals surface area contributed by atoms with Crippen LogP contribution in [0.4, 0.5) is 0 Å². The number of hydrogen-bond donors (Lipinski definition) is 15. The Kier molecular flexibility index (Phi) is 23.2. The third kappa shape index (κ3) is 14.9. The van der Waals surface area contributed by atoms with Crippen LogP contribution in [-0.2, 0) is 52.2 Å². The summed E-state index contributed by atoms with van der Waals surface area (Å²) in [6, 6.07) is 0. The van der Waals surface area contributed by atoms with E-state index >= 15 is 0 Å². The Morgan fingerprint density at radius 2 is 0.943 bits per heavy atom. The third-order valence-corrected chi connectivity index (χ3v) is 13.6. The van der Waals surface area contributed by atoms with E-state index in [-0.39, 0.29) is 6.42 Å². The number of aliphatic hydroxyl groups excluding tert-OH is 14. The minimum absolute atomic E-state index is 0.334. The number of unbranched alkanes of at least 4 members (excludes halogenated alkanes) is 4. The van der Waals surface area contributed by atoms with E-state index in [0.29, 0.717) is 38.5 Å². The summed E-state index contributed by atoms with van der Waals surface area (Å²) in [5.41, 5.74) is 0. The first-order chi connectivity index (χ1) is 33.1. The van der Waals surface area contributed by atoms with Crippen LogP contribution in [0, 0.1) is 0 Å². The lowest BCUT2D eigenvalue weighted by Gasteiger charge is -2.49. The highest BCUT2D eigenvalue weighted by Crippen LogP contribution is 2.36. The second kappa shape index (κ2) is 27.3. The summed E-state index contributed by atoms with van der Waals surface area (Å²) in [5.74, 6) is -1.08. The maximum absolute atomic E-state index is 11.8. The smallest absolute Gasteiger partial charge is 0.305 e. The Labute approximate surface area is 405 Å². The molecule has 410 valence electrons. The minimum Gasteiger partial charge on any atom is -0.481 e. The zero-order valence-corrected chi connectivity index (χ0v) is 39.8. The molecule has 0 aromatic carbocycles. The van der Waals surface area contributed by atoms with Crippen molar-refractivity contribution in [2.75, 3.05) is 13.2 Å². The quantitative estimate of drug-likeness (QED) is 0.0402. The minimum atomic E-state index is -1.99. The summed E-state index contributed by atoms with van der Waals surface area (Å²) in [5, 5.41) is 159. The molecule has 5 aliphatic heterocycles. The van der Waals surface area contributed by atoms with Gasteiger partial charge in [0.25, 0.3) is 0 Å².